The van der Waals surface area contributed by atoms with Gasteiger partial charge >= 0.3 is 0 Å². The van der Waals surface area contributed by atoms with Gasteiger partial charge in [0.05, 0.1) is 0 Å². The monoisotopic (exact) mass is 178 g/mol. The first-order valence-corrected chi connectivity index (χ1v) is 5.01. The Bertz CT molecular complexity index is 255. The van der Waals surface area contributed by atoms with Crippen molar-refractivity contribution in [2.45, 2.75) is 33.1 Å². The molecule has 72 valence electrons. The number of aromatic hydroxyl groups is 1. The Morgan fingerprint density at radius 3 is 2.62 bits per heavy atom. The van der Waals surface area contributed by atoms with Crippen LogP contribution in [0.3, 0.4) is 0 Å². The Labute approximate surface area is 80.4 Å². The van der Waals surface area contributed by atoms with E-state index in [4.69, 9.17) is 0 Å². The van der Waals surface area contributed by atoms with Gasteiger partial charge < -0.3 is 5.11 Å². The number of benzene rings is 1. The van der Waals surface area contributed by atoms with E-state index in [1.54, 1.807) is 6.07 Å². The van der Waals surface area contributed by atoms with Gasteiger partial charge in [-0.25, -0.2) is 0 Å². The summed E-state index contributed by atoms with van der Waals surface area (Å²) in [4.78, 5) is 0. The molecule has 0 aromatic heterocycles. The predicted molar refractivity (Wildman–Crippen MR) is 55.9 cm³/mol. The molecule has 1 heteroatoms. The van der Waals surface area contributed by atoms with Crippen LogP contribution in [0.5, 0.6) is 5.75 Å². The van der Waals surface area contributed by atoms with E-state index in [1.807, 2.05) is 18.2 Å². The van der Waals surface area contributed by atoms with Gasteiger partial charge in [0.2, 0.25) is 0 Å². The van der Waals surface area contributed by atoms with Gasteiger partial charge in [-0.05, 0) is 24.0 Å². The molecule has 0 radical (unpaired) electrons. The fraction of sp³-hybridized carbons (Fsp3) is 0.500. The van der Waals surface area contributed by atoms with Crippen molar-refractivity contribution in [3.63, 3.8) is 0 Å². The molecule has 0 aliphatic heterocycles. The van der Waals surface area contributed by atoms with Crippen molar-refractivity contribution in [2.75, 3.05) is 0 Å². The van der Waals surface area contributed by atoms with Crippen LogP contribution >= 0.6 is 0 Å². The van der Waals surface area contributed by atoms with Gasteiger partial charge in [0, 0.05) is 0 Å². The normalized spacial score (nSPS) is 12.8. The highest BCUT2D eigenvalue weighted by atomic mass is 16.3. The third-order valence-electron chi connectivity index (χ3n) is 2.34. The minimum absolute atomic E-state index is 0.436. The van der Waals surface area contributed by atoms with E-state index in [-0.39, 0.29) is 0 Å². The smallest absolute Gasteiger partial charge is 0.118 e. The largest absolute Gasteiger partial charge is 0.508 e. The molecule has 0 aliphatic carbocycles. The molecule has 13 heavy (non-hydrogen) atoms. The summed E-state index contributed by atoms with van der Waals surface area (Å²) in [6.07, 6.45) is 3.43. The summed E-state index contributed by atoms with van der Waals surface area (Å²) in [5.74, 6) is 1.10. The summed E-state index contributed by atoms with van der Waals surface area (Å²) in [5.41, 5.74) is 1.07. The van der Waals surface area contributed by atoms with Crippen LogP contribution in [0.25, 0.3) is 0 Å². The zero-order valence-electron chi connectivity index (χ0n) is 8.46. The van der Waals surface area contributed by atoms with Crippen molar-refractivity contribution < 1.29 is 5.11 Å². The zero-order chi connectivity index (χ0) is 9.68. The van der Waals surface area contributed by atoms with Crippen molar-refractivity contribution in [3.05, 3.63) is 29.8 Å². The van der Waals surface area contributed by atoms with Gasteiger partial charge in [-0.2, -0.15) is 0 Å². The number of hydrogen-bond acceptors (Lipinski definition) is 1. The highest BCUT2D eigenvalue weighted by Gasteiger charge is 2.05. The molecule has 0 aliphatic rings. The van der Waals surface area contributed by atoms with Crippen molar-refractivity contribution in [3.8, 4) is 5.75 Å². The lowest BCUT2D eigenvalue weighted by Crippen LogP contribution is -1.99. The van der Waals surface area contributed by atoms with Gasteiger partial charge in [-0.15, -0.1) is 0 Å². The van der Waals surface area contributed by atoms with E-state index in [0.717, 1.165) is 12.0 Å². The SMILES string of the molecule is CCCC(C)Cc1ccccc1O. The summed E-state index contributed by atoms with van der Waals surface area (Å²) in [6, 6.07) is 7.60. The van der Waals surface area contributed by atoms with E-state index in [2.05, 4.69) is 13.8 Å². The summed E-state index contributed by atoms with van der Waals surface area (Å²) in [6.45, 7) is 4.43. The van der Waals surface area contributed by atoms with Gasteiger partial charge in [0.1, 0.15) is 5.75 Å². The third-order valence-corrected chi connectivity index (χ3v) is 2.34. The van der Waals surface area contributed by atoms with Crippen molar-refractivity contribution in [1.82, 2.24) is 0 Å². The van der Waals surface area contributed by atoms with Gasteiger partial charge in [0.15, 0.2) is 0 Å². The summed E-state index contributed by atoms with van der Waals surface area (Å²) < 4.78 is 0. The molecule has 1 N–H and O–H groups in total. The van der Waals surface area contributed by atoms with E-state index in [9.17, 15) is 5.11 Å². The fourth-order valence-corrected chi connectivity index (χ4v) is 1.65. The van der Waals surface area contributed by atoms with Crippen LogP contribution in [0.1, 0.15) is 32.3 Å². The zero-order valence-corrected chi connectivity index (χ0v) is 8.46. The number of hydrogen-bond donors (Lipinski definition) is 1. The van der Waals surface area contributed by atoms with E-state index in [0.29, 0.717) is 11.7 Å². The van der Waals surface area contributed by atoms with Crippen molar-refractivity contribution >= 4 is 0 Å². The second-order valence-corrected chi connectivity index (χ2v) is 3.73. The van der Waals surface area contributed by atoms with Crippen LogP contribution in [0.15, 0.2) is 24.3 Å². The highest BCUT2D eigenvalue weighted by molar-refractivity contribution is 5.31. The molecule has 1 nitrogen and oxygen atoms in total. The van der Waals surface area contributed by atoms with Gasteiger partial charge in [-0.3, -0.25) is 0 Å². The number of phenols is 1. The second-order valence-electron chi connectivity index (χ2n) is 3.73. The number of phenolic OH excluding ortho intramolecular Hbond substituents is 1. The first kappa shape index (κ1) is 10.1. The molecule has 1 rings (SSSR count). The first-order chi connectivity index (χ1) is 6.24. The second kappa shape index (κ2) is 4.90. The average molecular weight is 178 g/mol. The topological polar surface area (TPSA) is 20.2 Å². The molecule has 0 bridgehead atoms. The van der Waals surface area contributed by atoms with Gasteiger partial charge in [-0.1, -0.05) is 44.9 Å². The minimum atomic E-state index is 0.436. The Kier molecular flexibility index (Phi) is 3.81. The van der Waals surface area contributed by atoms with Crippen molar-refractivity contribution in [2.24, 2.45) is 5.92 Å². The van der Waals surface area contributed by atoms with Gasteiger partial charge in [0.25, 0.3) is 0 Å². The predicted octanol–water partition coefficient (Wildman–Crippen LogP) is 3.37. The Morgan fingerprint density at radius 2 is 2.00 bits per heavy atom. The van der Waals surface area contributed by atoms with Crippen LogP contribution in [0, 0.1) is 5.92 Å². The Balaban J connectivity index is 2.58. The van der Waals surface area contributed by atoms with Crippen LogP contribution in [-0.4, -0.2) is 5.11 Å². The lowest BCUT2D eigenvalue weighted by atomic mass is 9.96. The van der Waals surface area contributed by atoms with E-state index in [1.165, 1.54) is 12.8 Å². The molecule has 0 saturated heterocycles. The maximum absolute atomic E-state index is 9.53. The fourth-order valence-electron chi connectivity index (χ4n) is 1.65. The molecule has 1 aromatic carbocycles. The highest BCUT2D eigenvalue weighted by Crippen LogP contribution is 2.21. The summed E-state index contributed by atoms with van der Waals surface area (Å²) >= 11 is 0. The maximum atomic E-state index is 9.53. The lowest BCUT2D eigenvalue weighted by Gasteiger charge is -2.10. The molecule has 0 amide bonds. The molecule has 0 heterocycles. The van der Waals surface area contributed by atoms with Crippen LogP contribution in [0.2, 0.25) is 0 Å². The molecule has 0 saturated carbocycles. The third kappa shape index (κ3) is 3.10. The minimum Gasteiger partial charge on any atom is -0.508 e. The molecule has 1 aromatic rings. The Morgan fingerprint density at radius 1 is 1.31 bits per heavy atom. The molecular weight excluding hydrogens is 160 g/mol. The summed E-state index contributed by atoms with van der Waals surface area (Å²) in [7, 11) is 0. The first-order valence-electron chi connectivity index (χ1n) is 5.01. The molecule has 0 fully saturated rings. The lowest BCUT2D eigenvalue weighted by molar-refractivity contribution is 0.453. The van der Waals surface area contributed by atoms with Crippen LogP contribution in [-0.2, 0) is 6.42 Å². The standard InChI is InChI=1S/C12H18O/c1-3-6-10(2)9-11-7-4-5-8-12(11)13/h4-5,7-8,10,13H,3,6,9H2,1-2H3. The number of rotatable bonds is 4. The molecular formula is C12H18O. The average Bonchev–Trinajstić information content (AvgIpc) is 2.09. The number of para-hydroxylation sites is 1. The molecule has 1 unspecified atom stereocenters. The molecule has 1 atom stereocenters. The van der Waals surface area contributed by atoms with E-state index < -0.39 is 0 Å². The quantitative estimate of drug-likeness (QED) is 0.749. The van der Waals surface area contributed by atoms with E-state index >= 15 is 0 Å². The van der Waals surface area contributed by atoms with Crippen molar-refractivity contribution in [1.29, 1.82) is 0 Å². The Hall–Kier alpha value is -0.980. The van der Waals surface area contributed by atoms with Crippen LogP contribution < -0.4 is 0 Å². The summed E-state index contributed by atoms with van der Waals surface area (Å²) in [5, 5.41) is 9.53. The van der Waals surface area contributed by atoms with Crippen LogP contribution in [0.4, 0.5) is 0 Å². The maximum Gasteiger partial charge on any atom is 0.118 e. The molecule has 0 spiro atoms.